The van der Waals surface area contributed by atoms with E-state index < -0.39 is 5.97 Å². The number of aromatic nitrogens is 1. The highest BCUT2D eigenvalue weighted by molar-refractivity contribution is 5.90. The summed E-state index contributed by atoms with van der Waals surface area (Å²) in [5.74, 6) is -0.415. The van der Waals surface area contributed by atoms with Gasteiger partial charge in [-0.3, -0.25) is 4.98 Å². The predicted molar refractivity (Wildman–Crippen MR) is 49.4 cm³/mol. The molecule has 4 nitrogen and oxygen atoms in total. The van der Waals surface area contributed by atoms with Crippen LogP contribution in [0.5, 0.6) is 0 Å². The molecule has 1 aromatic rings. The molecule has 0 aliphatic rings. The molecule has 0 saturated carbocycles. The molecule has 0 unspecified atom stereocenters. The monoisotopic (exact) mass is 180 g/mol. The van der Waals surface area contributed by atoms with Gasteiger partial charge in [0.1, 0.15) is 0 Å². The Morgan fingerprint density at radius 3 is 2.85 bits per heavy atom. The van der Waals surface area contributed by atoms with Gasteiger partial charge in [0.2, 0.25) is 0 Å². The van der Waals surface area contributed by atoms with Gasteiger partial charge in [-0.25, -0.2) is 4.79 Å². The Labute approximate surface area is 76.7 Å². The first-order valence-electron chi connectivity index (χ1n) is 4.01. The fraction of sp³-hybridized carbons (Fsp3) is 0.333. The number of carbonyl (C=O) groups excluding carboxylic acids is 1. The van der Waals surface area contributed by atoms with E-state index in [4.69, 9.17) is 5.73 Å². The van der Waals surface area contributed by atoms with Crippen molar-refractivity contribution in [1.29, 1.82) is 0 Å². The Morgan fingerprint density at radius 2 is 2.38 bits per heavy atom. The topological polar surface area (TPSA) is 65.2 Å². The largest absolute Gasteiger partial charge is 0.465 e. The summed E-state index contributed by atoms with van der Waals surface area (Å²) in [5, 5.41) is 0. The summed E-state index contributed by atoms with van der Waals surface area (Å²) >= 11 is 0. The highest BCUT2D eigenvalue weighted by Crippen LogP contribution is 2.11. The maximum atomic E-state index is 11.0. The summed E-state index contributed by atoms with van der Waals surface area (Å²) in [6.45, 7) is 1.95. The highest BCUT2D eigenvalue weighted by Gasteiger charge is 2.07. The Bertz CT molecular complexity index is 323. The first kappa shape index (κ1) is 9.51. The van der Waals surface area contributed by atoms with Gasteiger partial charge in [-0.05, 0) is 12.5 Å². The minimum atomic E-state index is -0.415. The zero-order chi connectivity index (χ0) is 9.84. The molecule has 70 valence electrons. The van der Waals surface area contributed by atoms with Crippen LogP contribution in [-0.4, -0.2) is 18.1 Å². The van der Waals surface area contributed by atoms with Crippen molar-refractivity contribution in [2.24, 2.45) is 0 Å². The third-order valence-electron chi connectivity index (χ3n) is 1.76. The summed E-state index contributed by atoms with van der Waals surface area (Å²) in [5.41, 5.74) is 7.37. The van der Waals surface area contributed by atoms with E-state index in [-0.39, 0.29) is 0 Å². The second-order valence-electron chi connectivity index (χ2n) is 2.61. The molecule has 1 aromatic heterocycles. The number of ether oxygens (including phenoxy) is 1. The molecule has 0 saturated heterocycles. The number of nitrogens with two attached hydrogens (primary N) is 1. The van der Waals surface area contributed by atoms with Crippen LogP contribution in [0.25, 0.3) is 0 Å². The molecule has 0 radical (unpaired) electrons. The third-order valence-corrected chi connectivity index (χ3v) is 1.76. The number of esters is 1. The molecule has 1 rings (SSSR count). The van der Waals surface area contributed by atoms with Crippen molar-refractivity contribution in [2.75, 3.05) is 12.8 Å². The van der Waals surface area contributed by atoms with Crippen LogP contribution < -0.4 is 5.73 Å². The van der Waals surface area contributed by atoms with Crippen LogP contribution >= 0.6 is 0 Å². The molecule has 2 N–H and O–H groups in total. The van der Waals surface area contributed by atoms with Gasteiger partial charge in [0, 0.05) is 6.20 Å². The molecule has 0 fully saturated rings. The number of anilines is 1. The number of rotatable bonds is 2. The van der Waals surface area contributed by atoms with Crippen LogP contribution in [0.4, 0.5) is 5.69 Å². The fourth-order valence-corrected chi connectivity index (χ4v) is 1.03. The number of nitrogen functional groups attached to an aromatic ring is 1. The summed E-state index contributed by atoms with van der Waals surface area (Å²) < 4.78 is 4.53. The van der Waals surface area contributed by atoms with Gasteiger partial charge in [-0.15, -0.1) is 0 Å². The average molecular weight is 180 g/mol. The first-order chi connectivity index (χ1) is 6.19. The van der Waals surface area contributed by atoms with Crippen molar-refractivity contribution in [3.8, 4) is 0 Å². The molecule has 0 atom stereocenters. The first-order valence-corrected chi connectivity index (χ1v) is 4.01. The molecule has 0 aromatic carbocycles. The zero-order valence-electron chi connectivity index (χ0n) is 7.70. The summed E-state index contributed by atoms with van der Waals surface area (Å²) in [6.07, 6.45) is 2.23. The van der Waals surface area contributed by atoms with E-state index in [1.165, 1.54) is 13.3 Å². The van der Waals surface area contributed by atoms with Gasteiger partial charge >= 0.3 is 5.97 Å². The lowest BCUT2D eigenvalue weighted by Crippen LogP contribution is -2.05. The van der Waals surface area contributed by atoms with Gasteiger partial charge in [0.25, 0.3) is 0 Å². The summed E-state index contributed by atoms with van der Waals surface area (Å²) in [4.78, 5) is 15.1. The normalized spacial score (nSPS) is 9.69. The molecular formula is C9H12N2O2. The van der Waals surface area contributed by atoms with Crippen LogP contribution in [0.15, 0.2) is 12.3 Å². The smallest absolute Gasteiger partial charge is 0.339 e. The molecule has 4 heteroatoms. The van der Waals surface area contributed by atoms with E-state index in [0.717, 1.165) is 12.1 Å². The maximum Gasteiger partial charge on any atom is 0.339 e. The van der Waals surface area contributed by atoms with Crippen molar-refractivity contribution < 1.29 is 9.53 Å². The zero-order valence-corrected chi connectivity index (χ0v) is 7.70. The summed E-state index contributed by atoms with van der Waals surface area (Å²) in [6, 6.07) is 1.58. The lowest BCUT2D eigenvalue weighted by atomic mass is 10.2. The number of aryl methyl sites for hydroxylation is 1. The van der Waals surface area contributed by atoms with Crippen LogP contribution in [0.3, 0.4) is 0 Å². The van der Waals surface area contributed by atoms with Gasteiger partial charge in [0.15, 0.2) is 0 Å². The average Bonchev–Trinajstić information content (AvgIpc) is 2.16. The highest BCUT2D eigenvalue weighted by atomic mass is 16.5. The molecule has 0 spiro atoms. The van der Waals surface area contributed by atoms with E-state index in [9.17, 15) is 4.79 Å². The minimum Gasteiger partial charge on any atom is -0.465 e. The minimum absolute atomic E-state index is 0.386. The number of hydrogen-bond acceptors (Lipinski definition) is 4. The lowest BCUT2D eigenvalue weighted by molar-refractivity contribution is 0.0600. The summed E-state index contributed by atoms with van der Waals surface area (Å²) in [7, 11) is 1.33. The number of pyridine rings is 1. The SMILES string of the molecule is CCc1ncc(C(=O)OC)cc1N. The fourth-order valence-electron chi connectivity index (χ4n) is 1.03. The molecule has 0 bridgehead atoms. The maximum absolute atomic E-state index is 11.0. The van der Waals surface area contributed by atoms with Gasteiger partial charge in [0.05, 0.1) is 24.1 Å². The Kier molecular flexibility index (Phi) is 2.84. The van der Waals surface area contributed by atoms with E-state index in [0.29, 0.717) is 11.3 Å². The molecular weight excluding hydrogens is 168 g/mol. The van der Waals surface area contributed by atoms with E-state index in [1.54, 1.807) is 6.07 Å². The van der Waals surface area contributed by atoms with Gasteiger partial charge in [-0.2, -0.15) is 0 Å². The van der Waals surface area contributed by atoms with E-state index in [1.807, 2.05) is 6.92 Å². The van der Waals surface area contributed by atoms with Crippen molar-refractivity contribution in [3.05, 3.63) is 23.5 Å². The Balaban J connectivity index is 3.02. The van der Waals surface area contributed by atoms with Crippen molar-refractivity contribution in [1.82, 2.24) is 4.98 Å². The molecule has 0 aliphatic heterocycles. The number of methoxy groups -OCH3 is 1. The standard InChI is InChI=1S/C9H12N2O2/c1-3-8-7(10)4-6(5-11-8)9(12)13-2/h4-5H,3,10H2,1-2H3. The quantitative estimate of drug-likeness (QED) is 0.690. The molecule has 13 heavy (non-hydrogen) atoms. The molecule has 0 amide bonds. The second-order valence-corrected chi connectivity index (χ2v) is 2.61. The lowest BCUT2D eigenvalue weighted by Gasteiger charge is -2.03. The Hall–Kier alpha value is -1.58. The van der Waals surface area contributed by atoms with Crippen LogP contribution in [0, 0.1) is 0 Å². The second kappa shape index (κ2) is 3.89. The number of nitrogens with zero attached hydrogens (tertiary/aromatic N) is 1. The number of carbonyl (C=O) groups is 1. The van der Waals surface area contributed by atoms with Gasteiger partial charge in [-0.1, -0.05) is 6.92 Å². The van der Waals surface area contributed by atoms with Gasteiger partial charge < -0.3 is 10.5 Å². The molecule has 0 aliphatic carbocycles. The van der Waals surface area contributed by atoms with Crippen molar-refractivity contribution in [2.45, 2.75) is 13.3 Å². The number of hydrogen-bond donors (Lipinski definition) is 1. The van der Waals surface area contributed by atoms with Crippen molar-refractivity contribution in [3.63, 3.8) is 0 Å². The Morgan fingerprint density at radius 1 is 1.69 bits per heavy atom. The van der Waals surface area contributed by atoms with Crippen LogP contribution in [0.1, 0.15) is 23.0 Å². The van der Waals surface area contributed by atoms with Crippen LogP contribution in [-0.2, 0) is 11.2 Å². The molecule has 1 heterocycles. The van der Waals surface area contributed by atoms with E-state index >= 15 is 0 Å². The van der Waals surface area contributed by atoms with Crippen LogP contribution in [0.2, 0.25) is 0 Å². The van der Waals surface area contributed by atoms with E-state index in [2.05, 4.69) is 9.72 Å². The third kappa shape index (κ3) is 1.96. The predicted octanol–water partition coefficient (Wildman–Crippen LogP) is 1.01. The van der Waals surface area contributed by atoms with Crippen molar-refractivity contribution >= 4 is 11.7 Å².